The lowest BCUT2D eigenvalue weighted by molar-refractivity contribution is -0.137. The summed E-state index contributed by atoms with van der Waals surface area (Å²) in [4.78, 5) is 24.2. The fourth-order valence-corrected chi connectivity index (χ4v) is 2.19. The lowest BCUT2D eigenvalue weighted by Crippen LogP contribution is -2.48. The zero-order valence-corrected chi connectivity index (χ0v) is 10.2. The van der Waals surface area contributed by atoms with Crippen LogP contribution in [-0.2, 0) is 19.1 Å². The van der Waals surface area contributed by atoms with Crippen molar-refractivity contribution in [1.29, 1.82) is 0 Å². The molecule has 2 saturated heterocycles. The molecule has 2 atom stereocenters. The van der Waals surface area contributed by atoms with Gasteiger partial charge in [0.1, 0.15) is 5.60 Å². The second-order valence-corrected chi connectivity index (χ2v) is 4.62. The van der Waals surface area contributed by atoms with Gasteiger partial charge in [-0.1, -0.05) is 0 Å². The molecule has 17 heavy (non-hydrogen) atoms. The van der Waals surface area contributed by atoms with Crippen molar-refractivity contribution in [2.75, 3.05) is 33.9 Å². The number of likely N-dealkylation sites (N-methyl/N-ethyl adjacent to an activating group) is 1. The molecule has 2 aliphatic heterocycles. The molecule has 2 aliphatic rings. The van der Waals surface area contributed by atoms with Crippen LogP contribution in [0, 0.1) is 0 Å². The van der Waals surface area contributed by atoms with E-state index in [0.29, 0.717) is 19.8 Å². The van der Waals surface area contributed by atoms with Crippen molar-refractivity contribution in [3.8, 4) is 0 Å². The third-order valence-corrected chi connectivity index (χ3v) is 3.55. The van der Waals surface area contributed by atoms with Gasteiger partial charge in [-0.2, -0.15) is 0 Å². The van der Waals surface area contributed by atoms with Crippen LogP contribution in [0.3, 0.4) is 0 Å². The normalized spacial score (nSPS) is 33.8. The first-order valence-electron chi connectivity index (χ1n) is 5.75. The number of rotatable bonds is 4. The lowest BCUT2D eigenvalue weighted by Gasteiger charge is -2.27. The summed E-state index contributed by atoms with van der Waals surface area (Å²) in [5.74, 6) is -0.304. The molecule has 2 heterocycles. The van der Waals surface area contributed by atoms with Gasteiger partial charge in [0.25, 0.3) is 0 Å². The maximum atomic E-state index is 11.7. The average molecular weight is 242 g/mol. The topological polar surface area (TPSA) is 67.9 Å². The number of likely N-dealkylation sites (tertiary alicyclic amines) is 1. The van der Waals surface area contributed by atoms with Gasteiger partial charge < -0.3 is 14.8 Å². The number of nitrogens with zero attached hydrogens (tertiary/aromatic N) is 1. The van der Waals surface area contributed by atoms with Crippen LogP contribution < -0.4 is 5.32 Å². The minimum Gasteiger partial charge on any atom is -0.378 e. The summed E-state index contributed by atoms with van der Waals surface area (Å²) in [7, 11) is 3.15. The largest absolute Gasteiger partial charge is 0.378 e. The van der Waals surface area contributed by atoms with Crippen molar-refractivity contribution in [3.63, 3.8) is 0 Å². The smallest absolute Gasteiger partial charge is 0.246 e. The van der Waals surface area contributed by atoms with Crippen LogP contribution in [-0.4, -0.2) is 62.3 Å². The van der Waals surface area contributed by atoms with Crippen molar-refractivity contribution in [1.82, 2.24) is 10.2 Å². The van der Waals surface area contributed by atoms with Gasteiger partial charge >= 0.3 is 0 Å². The van der Waals surface area contributed by atoms with E-state index in [9.17, 15) is 9.59 Å². The molecule has 0 saturated carbocycles. The molecule has 0 aromatic rings. The minimum absolute atomic E-state index is 0.137. The van der Waals surface area contributed by atoms with Crippen molar-refractivity contribution in [3.05, 3.63) is 0 Å². The fraction of sp³-hybridized carbons (Fsp3) is 0.818. The molecule has 0 aliphatic carbocycles. The number of ether oxygens (including phenoxy) is 2. The number of hydrogen-bond donors (Lipinski definition) is 1. The van der Waals surface area contributed by atoms with Crippen molar-refractivity contribution in [2.45, 2.75) is 24.5 Å². The van der Waals surface area contributed by atoms with Crippen molar-refractivity contribution < 1.29 is 19.1 Å². The van der Waals surface area contributed by atoms with E-state index in [2.05, 4.69) is 5.32 Å². The number of carbonyl (C=O) groups excluding carboxylic acids is 2. The average Bonchev–Trinajstić information content (AvgIpc) is 2.89. The Hall–Kier alpha value is -0.980. The molecule has 2 amide bonds. The van der Waals surface area contributed by atoms with Gasteiger partial charge in [-0.25, -0.2) is 0 Å². The third kappa shape index (κ3) is 2.34. The molecule has 0 bridgehead atoms. The number of nitrogens with one attached hydrogen (secondary N) is 1. The first kappa shape index (κ1) is 12.5. The molecule has 6 heteroatoms. The standard InChI is InChI=1S/C11H18N2O4/c1-13-9(14)5-8(10(13)15)12-6-11(16-2)3-4-17-7-11/h8,12H,3-7H2,1-2H3. The highest BCUT2D eigenvalue weighted by Crippen LogP contribution is 2.22. The molecular weight excluding hydrogens is 224 g/mol. The molecule has 6 nitrogen and oxygen atoms in total. The quantitative estimate of drug-likeness (QED) is 0.650. The monoisotopic (exact) mass is 242 g/mol. The zero-order valence-electron chi connectivity index (χ0n) is 10.2. The second-order valence-electron chi connectivity index (χ2n) is 4.62. The van der Waals surface area contributed by atoms with Crippen LogP contribution in [0.1, 0.15) is 12.8 Å². The summed E-state index contributed by atoms with van der Waals surface area (Å²) in [5.41, 5.74) is -0.357. The Balaban J connectivity index is 1.90. The Morgan fingerprint density at radius 1 is 1.59 bits per heavy atom. The van der Waals surface area contributed by atoms with E-state index in [1.165, 1.54) is 11.9 Å². The number of amides is 2. The molecule has 1 N–H and O–H groups in total. The zero-order chi connectivity index (χ0) is 12.5. The first-order valence-corrected chi connectivity index (χ1v) is 5.75. The van der Waals surface area contributed by atoms with Gasteiger partial charge in [-0.3, -0.25) is 14.5 Å². The van der Waals surface area contributed by atoms with Gasteiger partial charge in [-0.15, -0.1) is 0 Å². The van der Waals surface area contributed by atoms with E-state index in [4.69, 9.17) is 9.47 Å². The highest BCUT2D eigenvalue weighted by atomic mass is 16.5. The molecular formula is C11H18N2O4. The first-order chi connectivity index (χ1) is 8.08. The number of imide groups is 1. The molecule has 0 spiro atoms. The van der Waals surface area contributed by atoms with Gasteiger partial charge in [-0.05, 0) is 0 Å². The SMILES string of the molecule is COC1(CNC2CC(=O)N(C)C2=O)CCOC1. The van der Waals surface area contributed by atoms with Gasteiger partial charge in [0, 0.05) is 33.7 Å². The van der Waals surface area contributed by atoms with E-state index in [0.717, 1.165) is 6.42 Å². The maximum Gasteiger partial charge on any atom is 0.246 e. The molecule has 0 aromatic carbocycles. The van der Waals surface area contributed by atoms with Crippen LogP contribution >= 0.6 is 0 Å². The Bertz CT molecular complexity index is 325. The highest BCUT2D eigenvalue weighted by molar-refractivity contribution is 6.05. The minimum atomic E-state index is -0.417. The fourth-order valence-electron chi connectivity index (χ4n) is 2.19. The predicted octanol–water partition coefficient (Wildman–Crippen LogP) is -0.861. The number of carbonyl (C=O) groups is 2. The summed E-state index contributed by atoms with van der Waals surface area (Å²) in [6.07, 6.45) is 1.04. The Morgan fingerprint density at radius 3 is 2.82 bits per heavy atom. The van der Waals surface area contributed by atoms with E-state index in [-0.39, 0.29) is 23.8 Å². The summed E-state index contributed by atoms with van der Waals surface area (Å²) < 4.78 is 10.8. The van der Waals surface area contributed by atoms with Crippen molar-refractivity contribution in [2.24, 2.45) is 0 Å². The van der Waals surface area contributed by atoms with E-state index >= 15 is 0 Å². The molecule has 2 rings (SSSR count). The van der Waals surface area contributed by atoms with Crippen LogP contribution in [0.15, 0.2) is 0 Å². The van der Waals surface area contributed by atoms with Gasteiger partial charge in [0.15, 0.2) is 0 Å². The summed E-state index contributed by atoms with van der Waals surface area (Å²) in [6.45, 7) is 1.73. The van der Waals surface area contributed by atoms with Crippen molar-refractivity contribution >= 4 is 11.8 Å². The molecule has 0 radical (unpaired) electrons. The third-order valence-electron chi connectivity index (χ3n) is 3.55. The van der Waals surface area contributed by atoms with Crippen LogP contribution in [0.25, 0.3) is 0 Å². The molecule has 0 aromatic heterocycles. The second kappa shape index (κ2) is 4.72. The van der Waals surface area contributed by atoms with E-state index in [1.807, 2.05) is 0 Å². The maximum absolute atomic E-state index is 11.7. The molecule has 96 valence electrons. The van der Waals surface area contributed by atoms with Crippen LogP contribution in [0.5, 0.6) is 0 Å². The predicted molar refractivity (Wildman–Crippen MR) is 59.4 cm³/mol. The van der Waals surface area contributed by atoms with Crippen LogP contribution in [0.4, 0.5) is 0 Å². The number of methoxy groups -OCH3 is 1. The van der Waals surface area contributed by atoms with Gasteiger partial charge in [0.2, 0.25) is 11.8 Å². The Morgan fingerprint density at radius 2 is 2.35 bits per heavy atom. The Labute approximate surface area is 100 Å². The highest BCUT2D eigenvalue weighted by Gasteiger charge is 2.40. The van der Waals surface area contributed by atoms with E-state index in [1.54, 1.807) is 7.11 Å². The molecule has 2 unspecified atom stereocenters. The van der Waals surface area contributed by atoms with E-state index < -0.39 is 6.04 Å². The number of hydrogen-bond acceptors (Lipinski definition) is 5. The van der Waals surface area contributed by atoms with Crippen LogP contribution in [0.2, 0.25) is 0 Å². The summed E-state index contributed by atoms with van der Waals surface area (Å²) in [6, 6.07) is -0.417. The van der Waals surface area contributed by atoms with Gasteiger partial charge in [0.05, 0.1) is 19.1 Å². The summed E-state index contributed by atoms with van der Waals surface area (Å²) >= 11 is 0. The summed E-state index contributed by atoms with van der Waals surface area (Å²) in [5, 5.41) is 3.11. The lowest BCUT2D eigenvalue weighted by atomic mass is 10.0. The Kier molecular flexibility index (Phi) is 3.46. The molecule has 2 fully saturated rings.